The van der Waals surface area contributed by atoms with Crippen LogP contribution in [0.1, 0.15) is 5.56 Å². The number of benzene rings is 2. The van der Waals surface area contributed by atoms with Crippen LogP contribution in [0.15, 0.2) is 30.3 Å². The predicted octanol–water partition coefficient (Wildman–Crippen LogP) is 4.08. The average molecular weight is 326 g/mol. The van der Waals surface area contributed by atoms with E-state index >= 15 is 0 Å². The van der Waals surface area contributed by atoms with E-state index in [0.29, 0.717) is 19.8 Å². The molecule has 0 atom stereocenters. The summed E-state index contributed by atoms with van der Waals surface area (Å²) in [5, 5.41) is 13.2. The van der Waals surface area contributed by atoms with Crippen molar-refractivity contribution in [1.82, 2.24) is 0 Å². The third-order valence-corrected chi connectivity index (χ3v) is 3.72. The van der Waals surface area contributed by atoms with Crippen LogP contribution in [0.25, 0.3) is 0 Å². The molecule has 4 nitrogen and oxygen atoms in total. The molecule has 0 amide bonds. The minimum absolute atomic E-state index is 0.113. The Balaban J connectivity index is 1.79. The van der Waals surface area contributed by atoms with E-state index in [-0.39, 0.29) is 15.8 Å². The van der Waals surface area contributed by atoms with Crippen molar-refractivity contribution in [2.45, 2.75) is 6.54 Å². The van der Waals surface area contributed by atoms with Gasteiger partial charge >= 0.3 is 0 Å². The standard InChI is InChI=1S/C15H13Cl2NO3/c16-11-6-10(7-12(17)14(11)19)18-8-9-2-1-3-13-15(9)21-5-4-20-13/h1-3,6-7,18-19H,4-5,8H2. The number of para-hydroxylation sites is 1. The van der Waals surface area contributed by atoms with Crippen molar-refractivity contribution in [3.63, 3.8) is 0 Å². The summed E-state index contributed by atoms with van der Waals surface area (Å²) >= 11 is 11.8. The molecule has 0 spiro atoms. The van der Waals surface area contributed by atoms with Gasteiger partial charge in [0.25, 0.3) is 0 Å². The molecule has 0 saturated heterocycles. The lowest BCUT2D eigenvalue weighted by molar-refractivity contribution is 0.170. The molecular formula is C15H13Cl2NO3. The van der Waals surface area contributed by atoms with Crippen molar-refractivity contribution in [1.29, 1.82) is 0 Å². The third kappa shape index (κ3) is 2.96. The van der Waals surface area contributed by atoms with Crippen molar-refractivity contribution in [2.75, 3.05) is 18.5 Å². The molecule has 110 valence electrons. The van der Waals surface area contributed by atoms with Crippen LogP contribution in [0.5, 0.6) is 17.2 Å². The summed E-state index contributed by atoms with van der Waals surface area (Å²) in [4.78, 5) is 0. The summed E-state index contributed by atoms with van der Waals surface area (Å²) in [5.74, 6) is 1.40. The van der Waals surface area contributed by atoms with Gasteiger partial charge in [-0.1, -0.05) is 35.3 Å². The van der Waals surface area contributed by atoms with Gasteiger partial charge in [0.15, 0.2) is 17.2 Å². The van der Waals surface area contributed by atoms with Gasteiger partial charge in [-0.25, -0.2) is 0 Å². The molecule has 21 heavy (non-hydrogen) atoms. The van der Waals surface area contributed by atoms with Crippen LogP contribution in [-0.2, 0) is 6.54 Å². The van der Waals surface area contributed by atoms with Gasteiger partial charge in [0, 0.05) is 17.8 Å². The van der Waals surface area contributed by atoms with Gasteiger partial charge in [0.05, 0.1) is 10.0 Å². The summed E-state index contributed by atoms with van der Waals surface area (Å²) in [6, 6.07) is 9.00. The molecule has 0 bridgehead atoms. The van der Waals surface area contributed by atoms with Crippen molar-refractivity contribution in [3.8, 4) is 17.2 Å². The first kappa shape index (κ1) is 14.2. The maximum atomic E-state index is 9.55. The zero-order valence-electron chi connectivity index (χ0n) is 11.0. The number of anilines is 1. The minimum Gasteiger partial charge on any atom is -0.505 e. The van der Waals surface area contributed by atoms with Crippen LogP contribution in [0, 0.1) is 0 Å². The van der Waals surface area contributed by atoms with E-state index in [1.165, 1.54) is 0 Å². The van der Waals surface area contributed by atoms with Crippen molar-refractivity contribution >= 4 is 28.9 Å². The van der Waals surface area contributed by atoms with Gasteiger partial charge in [-0.2, -0.15) is 0 Å². The zero-order valence-corrected chi connectivity index (χ0v) is 12.5. The topological polar surface area (TPSA) is 50.7 Å². The number of ether oxygens (including phenoxy) is 2. The normalized spacial score (nSPS) is 13.0. The number of hydrogen-bond acceptors (Lipinski definition) is 4. The number of rotatable bonds is 3. The molecule has 0 aliphatic carbocycles. The summed E-state index contributed by atoms with van der Waals surface area (Å²) in [6.45, 7) is 1.64. The lowest BCUT2D eigenvalue weighted by atomic mass is 10.1. The second kappa shape index (κ2) is 5.92. The fourth-order valence-corrected chi connectivity index (χ4v) is 2.63. The number of fused-ring (bicyclic) bond motifs is 1. The van der Waals surface area contributed by atoms with Gasteiger partial charge in [0.1, 0.15) is 13.2 Å². The fraction of sp³-hybridized carbons (Fsp3) is 0.200. The number of phenols is 1. The fourth-order valence-electron chi connectivity index (χ4n) is 2.14. The molecule has 0 radical (unpaired) electrons. The molecule has 2 aromatic carbocycles. The van der Waals surface area contributed by atoms with E-state index in [2.05, 4.69) is 5.32 Å². The Morgan fingerprint density at radius 1 is 1.10 bits per heavy atom. The van der Waals surface area contributed by atoms with Crippen LogP contribution in [-0.4, -0.2) is 18.3 Å². The Morgan fingerprint density at radius 3 is 2.57 bits per heavy atom. The molecule has 0 aromatic heterocycles. The van der Waals surface area contributed by atoms with E-state index in [0.717, 1.165) is 22.7 Å². The van der Waals surface area contributed by atoms with E-state index in [1.54, 1.807) is 12.1 Å². The first-order valence-electron chi connectivity index (χ1n) is 6.44. The highest BCUT2D eigenvalue weighted by molar-refractivity contribution is 6.37. The van der Waals surface area contributed by atoms with Crippen LogP contribution >= 0.6 is 23.2 Å². The molecule has 0 fully saturated rings. The SMILES string of the molecule is Oc1c(Cl)cc(NCc2cccc3c2OCCO3)cc1Cl. The molecule has 0 saturated carbocycles. The molecule has 3 rings (SSSR count). The summed E-state index contributed by atoms with van der Waals surface area (Å²) in [6.07, 6.45) is 0. The van der Waals surface area contributed by atoms with Crippen molar-refractivity contribution < 1.29 is 14.6 Å². The summed E-state index contributed by atoms with van der Waals surface area (Å²) < 4.78 is 11.2. The molecule has 1 aliphatic heterocycles. The Labute approximate surface area is 132 Å². The van der Waals surface area contributed by atoms with E-state index in [1.807, 2.05) is 18.2 Å². The summed E-state index contributed by atoms with van der Waals surface area (Å²) in [7, 11) is 0. The van der Waals surface area contributed by atoms with Crippen LogP contribution in [0.4, 0.5) is 5.69 Å². The number of aromatic hydroxyl groups is 1. The van der Waals surface area contributed by atoms with E-state index in [9.17, 15) is 5.11 Å². The van der Waals surface area contributed by atoms with Gasteiger partial charge < -0.3 is 19.9 Å². The number of hydrogen-bond donors (Lipinski definition) is 2. The second-order valence-corrected chi connectivity index (χ2v) is 5.40. The molecule has 6 heteroatoms. The van der Waals surface area contributed by atoms with Crippen LogP contribution in [0.2, 0.25) is 10.0 Å². The monoisotopic (exact) mass is 325 g/mol. The predicted molar refractivity (Wildman–Crippen MR) is 82.9 cm³/mol. The van der Waals surface area contributed by atoms with Gasteiger partial charge in [0.2, 0.25) is 0 Å². The first-order valence-corrected chi connectivity index (χ1v) is 7.20. The van der Waals surface area contributed by atoms with Gasteiger partial charge in [-0.15, -0.1) is 0 Å². The lowest BCUT2D eigenvalue weighted by Gasteiger charge is -2.21. The van der Waals surface area contributed by atoms with Crippen molar-refractivity contribution in [3.05, 3.63) is 45.9 Å². The molecule has 2 N–H and O–H groups in total. The smallest absolute Gasteiger partial charge is 0.166 e. The Hall–Kier alpha value is -1.78. The highest BCUT2D eigenvalue weighted by Crippen LogP contribution is 2.36. The average Bonchev–Trinajstić information content (AvgIpc) is 2.50. The number of nitrogens with one attached hydrogen (secondary N) is 1. The Kier molecular flexibility index (Phi) is 3.99. The quantitative estimate of drug-likeness (QED) is 0.835. The lowest BCUT2D eigenvalue weighted by Crippen LogP contribution is -2.17. The Morgan fingerprint density at radius 2 is 1.81 bits per heavy atom. The largest absolute Gasteiger partial charge is 0.505 e. The van der Waals surface area contributed by atoms with Crippen LogP contribution in [0.3, 0.4) is 0 Å². The summed E-state index contributed by atoms with van der Waals surface area (Å²) in [5.41, 5.74) is 1.70. The molecular weight excluding hydrogens is 313 g/mol. The van der Waals surface area contributed by atoms with Crippen molar-refractivity contribution in [2.24, 2.45) is 0 Å². The highest BCUT2D eigenvalue weighted by Gasteiger charge is 2.15. The minimum atomic E-state index is -0.113. The van der Waals surface area contributed by atoms with Gasteiger partial charge in [-0.3, -0.25) is 0 Å². The second-order valence-electron chi connectivity index (χ2n) is 4.58. The maximum absolute atomic E-state index is 9.55. The number of phenolic OH excluding ortho intramolecular Hbond substituents is 1. The maximum Gasteiger partial charge on any atom is 0.166 e. The van der Waals surface area contributed by atoms with Gasteiger partial charge in [-0.05, 0) is 18.2 Å². The Bertz CT molecular complexity index is 653. The van der Waals surface area contributed by atoms with Crippen LogP contribution < -0.4 is 14.8 Å². The first-order chi connectivity index (χ1) is 10.1. The third-order valence-electron chi connectivity index (χ3n) is 3.15. The van der Waals surface area contributed by atoms with E-state index < -0.39 is 0 Å². The molecule has 1 heterocycles. The molecule has 1 aliphatic rings. The molecule has 2 aromatic rings. The number of halogens is 2. The van der Waals surface area contributed by atoms with E-state index in [4.69, 9.17) is 32.7 Å². The highest BCUT2D eigenvalue weighted by atomic mass is 35.5. The zero-order chi connectivity index (χ0) is 14.8. The molecule has 0 unspecified atom stereocenters.